The normalized spacial score (nSPS) is 11.0. The first-order valence-electron chi connectivity index (χ1n) is 10.6. The number of hydrogen-bond donors (Lipinski definition) is 2. The predicted octanol–water partition coefficient (Wildman–Crippen LogP) is 5.86. The largest absolute Gasteiger partial charge is 0.322 e. The van der Waals surface area contributed by atoms with E-state index in [2.05, 4.69) is 22.7 Å². The van der Waals surface area contributed by atoms with Crippen molar-refractivity contribution in [3.63, 3.8) is 0 Å². The summed E-state index contributed by atoms with van der Waals surface area (Å²) in [6, 6.07) is 14.1. The van der Waals surface area contributed by atoms with Gasteiger partial charge in [0.2, 0.25) is 5.91 Å². The number of nitrogens with one attached hydrogen (secondary N) is 2. The summed E-state index contributed by atoms with van der Waals surface area (Å²) >= 11 is 5.88. The van der Waals surface area contributed by atoms with Crippen molar-refractivity contribution >= 4 is 40.9 Å². The molecular weight excluding hydrogens is 424 g/mol. The molecule has 0 radical (unpaired) electrons. The Morgan fingerprint density at radius 2 is 1.78 bits per heavy atom. The Balaban J connectivity index is 1.73. The highest BCUT2D eigenvalue weighted by Crippen LogP contribution is 2.23. The lowest BCUT2D eigenvalue weighted by Crippen LogP contribution is -2.17. The third kappa shape index (κ3) is 5.86. The maximum atomic E-state index is 13.0. The van der Waals surface area contributed by atoms with Crippen molar-refractivity contribution in [3.8, 4) is 0 Å². The summed E-state index contributed by atoms with van der Waals surface area (Å²) in [6.45, 7) is 6.76. The molecule has 1 heterocycles. The van der Waals surface area contributed by atoms with Crippen molar-refractivity contribution in [2.75, 3.05) is 10.6 Å². The molecule has 6 nitrogen and oxygen atoms in total. The van der Waals surface area contributed by atoms with E-state index in [4.69, 9.17) is 11.6 Å². The van der Waals surface area contributed by atoms with Crippen LogP contribution >= 0.6 is 11.6 Å². The van der Waals surface area contributed by atoms with Crippen molar-refractivity contribution in [1.82, 2.24) is 9.78 Å². The Morgan fingerprint density at radius 3 is 2.50 bits per heavy atom. The second-order valence-corrected chi connectivity index (χ2v) is 7.93. The van der Waals surface area contributed by atoms with Gasteiger partial charge in [-0.25, -0.2) is 0 Å². The van der Waals surface area contributed by atoms with Gasteiger partial charge in [-0.1, -0.05) is 49.2 Å². The molecule has 0 unspecified atom stereocenters. The number of aromatic nitrogens is 2. The van der Waals surface area contributed by atoms with E-state index in [-0.39, 0.29) is 11.8 Å². The molecule has 0 atom stereocenters. The van der Waals surface area contributed by atoms with Crippen molar-refractivity contribution in [2.45, 2.75) is 40.2 Å². The van der Waals surface area contributed by atoms with Crippen LogP contribution in [-0.2, 0) is 11.3 Å². The molecule has 0 fully saturated rings. The molecular formula is C25H27ClN4O2. The van der Waals surface area contributed by atoms with Crippen LogP contribution in [0.1, 0.15) is 47.1 Å². The quantitative estimate of drug-likeness (QED) is 0.422. The second kappa shape index (κ2) is 10.8. The number of aryl methyl sites for hydroxylation is 2. The lowest BCUT2D eigenvalue weighted by molar-refractivity contribution is -0.111. The average molecular weight is 451 g/mol. The summed E-state index contributed by atoms with van der Waals surface area (Å²) in [5, 5.41) is 10.9. The number of nitrogens with zero attached hydrogens (tertiary/aromatic N) is 2. The summed E-state index contributed by atoms with van der Waals surface area (Å²) in [7, 11) is 0. The van der Waals surface area contributed by atoms with Crippen LogP contribution in [0.25, 0.3) is 6.08 Å². The number of benzene rings is 2. The highest BCUT2D eigenvalue weighted by Gasteiger charge is 2.17. The first kappa shape index (κ1) is 23.3. The minimum atomic E-state index is -0.333. The highest BCUT2D eigenvalue weighted by molar-refractivity contribution is 6.30. The number of hydrogen-bond acceptors (Lipinski definition) is 3. The van der Waals surface area contributed by atoms with E-state index in [1.54, 1.807) is 42.5 Å². The summed E-state index contributed by atoms with van der Waals surface area (Å²) in [5.41, 5.74) is 4.04. The lowest BCUT2D eigenvalue weighted by atomic mass is 10.1. The fraction of sp³-hybridized carbons (Fsp3) is 0.240. The summed E-state index contributed by atoms with van der Waals surface area (Å²) in [5.74, 6) is -0.635. The zero-order valence-corrected chi connectivity index (χ0v) is 19.2. The maximum absolute atomic E-state index is 13.0. The van der Waals surface area contributed by atoms with Gasteiger partial charge in [0.1, 0.15) is 0 Å². The van der Waals surface area contributed by atoms with Gasteiger partial charge in [-0.15, -0.1) is 0 Å². The van der Waals surface area contributed by atoms with Crippen LogP contribution in [0, 0.1) is 13.8 Å². The minimum absolute atomic E-state index is 0.302. The van der Waals surface area contributed by atoms with Gasteiger partial charge in [-0.05, 0) is 56.2 Å². The SMILES string of the molecule is CCCCn1nc(C)c(NC(=O)c2ccccc2NC(=O)/C=C/c2ccc(Cl)cc2)c1C. The first-order chi connectivity index (χ1) is 15.4. The number of carbonyl (C=O) groups is 2. The molecule has 0 saturated carbocycles. The number of unbranched alkanes of at least 4 members (excludes halogenated alkanes) is 1. The smallest absolute Gasteiger partial charge is 0.257 e. The van der Waals surface area contributed by atoms with Crippen molar-refractivity contribution in [2.24, 2.45) is 0 Å². The van der Waals surface area contributed by atoms with E-state index in [0.29, 0.717) is 22.0 Å². The van der Waals surface area contributed by atoms with Gasteiger partial charge < -0.3 is 10.6 Å². The van der Waals surface area contributed by atoms with Gasteiger partial charge >= 0.3 is 0 Å². The maximum Gasteiger partial charge on any atom is 0.257 e. The van der Waals surface area contributed by atoms with Crippen LogP contribution < -0.4 is 10.6 Å². The standard InChI is InChI=1S/C25H27ClN4O2/c1-4-5-16-30-18(3)24(17(2)29-30)28-25(32)21-8-6-7-9-22(21)27-23(31)15-12-19-10-13-20(26)14-11-19/h6-15H,4-5,16H2,1-3H3,(H,27,31)(H,28,32)/b15-12+. The number of halogens is 1. The molecule has 166 valence electrons. The Kier molecular flexibility index (Phi) is 7.84. The summed E-state index contributed by atoms with van der Waals surface area (Å²) < 4.78 is 1.92. The predicted molar refractivity (Wildman–Crippen MR) is 130 cm³/mol. The van der Waals surface area contributed by atoms with Crippen LogP contribution in [0.2, 0.25) is 5.02 Å². The van der Waals surface area contributed by atoms with E-state index in [0.717, 1.165) is 36.3 Å². The topological polar surface area (TPSA) is 76.0 Å². The fourth-order valence-corrected chi connectivity index (χ4v) is 3.42. The van der Waals surface area contributed by atoms with E-state index in [1.807, 2.05) is 30.7 Å². The van der Waals surface area contributed by atoms with Gasteiger partial charge in [0.15, 0.2) is 0 Å². The highest BCUT2D eigenvalue weighted by atomic mass is 35.5. The number of carbonyl (C=O) groups excluding carboxylic acids is 2. The van der Waals surface area contributed by atoms with Gasteiger partial charge in [-0.2, -0.15) is 5.10 Å². The molecule has 32 heavy (non-hydrogen) atoms. The molecule has 0 bridgehead atoms. The van der Waals surface area contributed by atoms with Crippen LogP contribution in [0.5, 0.6) is 0 Å². The summed E-state index contributed by atoms with van der Waals surface area (Å²) in [6.07, 6.45) is 5.20. The number of para-hydroxylation sites is 1. The number of amides is 2. The minimum Gasteiger partial charge on any atom is -0.322 e. The Bertz CT molecular complexity index is 1130. The molecule has 3 aromatic rings. The van der Waals surface area contributed by atoms with Gasteiger partial charge in [-0.3, -0.25) is 14.3 Å². The molecule has 7 heteroatoms. The van der Waals surface area contributed by atoms with Gasteiger partial charge in [0.25, 0.3) is 5.91 Å². The number of rotatable bonds is 8. The summed E-state index contributed by atoms with van der Waals surface area (Å²) in [4.78, 5) is 25.5. The Labute approximate surface area is 193 Å². The molecule has 0 spiro atoms. The van der Waals surface area contributed by atoms with Crippen molar-refractivity contribution < 1.29 is 9.59 Å². The molecule has 1 aromatic heterocycles. The van der Waals surface area contributed by atoms with Gasteiger partial charge in [0, 0.05) is 17.6 Å². The average Bonchev–Trinajstić information content (AvgIpc) is 3.05. The molecule has 0 saturated heterocycles. The van der Waals surface area contributed by atoms with E-state index < -0.39 is 0 Å². The molecule has 0 aliphatic carbocycles. The molecule has 3 rings (SSSR count). The van der Waals surface area contributed by atoms with Crippen LogP contribution in [0.3, 0.4) is 0 Å². The Hall–Kier alpha value is -3.38. The number of anilines is 2. The lowest BCUT2D eigenvalue weighted by Gasteiger charge is -2.11. The third-order valence-corrected chi connectivity index (χ3v) is 5.32. The second-order valence-electron chi connectivity index (χ2n) is 7.50. The zero-order chi connectivity index (χ0) is 23.1. The first-order valence-corrected chi connectivity index (χ1v) is 11.0. The molecule has 0 aliphatic heterocycles. The van der Waals surface area contributed by atoms with Crippen molar-refractivity contribution in [1.29, 1.82) is 0 Å². The zero-order valence-electron chi connectivity index (χ0n) is 18.5. The monoisotopic (exact) mass is 450 g/mol. The van der Waals surface area contributed by atoms with Crippen molar-refractivity contribution in [3.05, 3.63) is 82.1 Å². The molecule has 0 aliphatic rings. The van der Waals surface area contributed by atoms with Crippen LogP contribution in [-0.4, -0.2) is 21.6 Å². The van der Waals surface area contributed by atoms with E-state index in [9.17, 15) is 9.59 Å². The van der Waals surface area contributed by atoms with Crippen LogP contribution in [0.15, 0.2) is 54.6 Å². The van der Waals surface area contributed by atoms with E-state index >= 15 is 0 Å². The fourth-order valence-electron chi connectivity index (χ4n) is 3.29. The Morgan fingerprint density at radius 1 is 1.06 bits per heavy atom. The van der Waals surface area contributed by atoms with E-state index in [1.165, 1.54) is 6.08 Å². The third-order valence-electron chi connectivity index (χ3n) is 5.07. The molecule has 2 N–H and O–H groups in total. The van der Waals surface area contributed by atoms with Gasteiger partial charge in [0.05, 0.1) is 28.3 Å². The molecule has 2 aromatic carbocycles. The van der Waals surface area contributed by atoms with Crippen LogP contribution in [0.4, 0.5) is 11.4 Å². The molecule has 2 amide bonds.